The molecule has 0 amide bonds. The zero-order valence-electron chi connectivity index (χ0n) is 18.8. The smallest absolute Gasteiger partial charge is 0.305 e. The summed E-state index contributed by atoms with van der Waals surface area (Å²) in [7, 11) is 2.00. The van der Waals surface area contributed by atoms with Crippen molar-refractivity contribution in [2.45, 2.75) is 38.5 Å². The maximum Gasteiger partial charge on any atom is 0.305 e. The fourth-order valence-corrected chi connectivity index (χ4v) is 2.47. The van der Waals surface area contributed by atoms with Crippen molar-refractivity contribution in [3.05, 3.63) is 0 Å². The lowest BCUT2D eigenvalue weighted by atomic mass is 10.2. The number of hydrogen-bond donors (Lipinski definition) is 3. The van der Waals surface area contributed by atoms with E-state index < -0.39 is 5.97 Å². The van der Waals surface area contributed by atoms with E-state index in [1.54, 1.807) is 0 Å². The molecule has 9 nitrogen and oxygen atoms in total. The minimum Gasteiger partial charge on any atom is -0.481 e. The first-order valence-electron chi connectivity index (χ1n) is 11.2. The van der Waals surface area contributed by atoms with Gasteiger partial charge >= 0.3 is 5.97 Å². The number of carboxylic acids is 1. The summed E-state index contributed by atoms with van der Waals surface area (Å²) in [6.45, 7) is 8.24. The molecule has 0 saturated heterocycles. The normalized spacial score (nSPS) is 11.2. The summed E-state index contributed by atoms with van der Waals surface area (Å²) in [5.74, 6) is -0.858. The standard InChI is InChI=1S/C21H44N2O7/c1-22-8-4-2-3-5-9-23-10-6-11-26-13-15-28-17-19-30-20-18-29-16-14-27-12-7-21(24)25/h22-23H,2-20H2,1H3,(H,24,25). The average Bonchev–Trinajstić information content (AvgIpc) is 2.73. The molecule has 0 radical (unpaired) electrons. The molecule has 0 unspecified atom stereocenters. The van der Waals surface area contributed by atoms with E-state index in [0.29, 0.717) is 52.9 Å². The Hall–Kier alpha value is -0.810. The Morgan fingerprint density at radius 2 is 1.03 bits per heavy atom. The first-order valence-corrected chi connectivity index (χ1v) is 11.2. The molecule has 3 N–H and O–H groups in total. The van der Waals surface area contributed by atoms with Gasteiger partial charge in [-0.15, -0.1) is 0 Å². The summed E-state index contributed by atoms with van der Waals surface area (Å²) in [6.07, 6.45) is 6.15. The van der Waals surface area contributed by atoms with E-state index in [2.05, 4.69) is 10.6 Å². The summed E-state index contributed by atoms with van der Waals surface area (Å²) < 4.78 is 26.8. The lowest BCUT2D eigenvalue weighted by molar-refractivity contribution is -0.138. The molecular weight excluding hydrogens is 392 g/mol. The summed E-state index contributed by atoms with van der Waals surface area (Å²) in [5.41, 5.74) is 0. The van der Waals surface area contributed by atoms with Crippen molar-refractivity contribution in [1.82, 2.24) is 10.6 Å². The zero-order chi connectivity index (χ0) is 22.0. The molecule has 0 atom stereocenters. The number of rotatable bonds is 26. The third-order valence-electron chi connectivity index (χ3n) is 4.12. The van der Waals surface area contributed by atoms with Gasteiger partial charge in [0, 0.05) is 6.61 Å². The van der Waals surface area contributed by atoms with Crippen LogP contribution in [-0.4, -0.2) is 104 Å². The maximum atomic E-state index is 10.3. The topological polar surface area (TPSA) is 108 Å². The fourth-order valence-electron chi connectivity index (χ4n) is 2.47. The van der Waals surface area contributed by atoms with Crippen molar-refractivity contribution in [3.63, 3.8) is 0 Å². The first-order chi connectivity index (χ1) is 14.8. The van der Waals surface area contributed by atoms with Gasteiger partial charge < -0.3 is 39.4 Å². The third-order valence-corrected chi connectivity index (χ3v) is 4.12. The quantitative estimate of drug-likeness (QED) is 0.173. The second-order valence-electron chi connectivity index (χ2n) is 6.83. The van der Waals surface area contributed by atoms with Gasteiger partial charge in [0.05, 0.1) is 65.9 Å². The minimum atomic E-state index is -0.858. The van der Waals surface area contributed by atoms with Crippen LogP contribution in [0.2, 0.25) is 0 Å². The van der Waals surface area contributed by atoms with Crippen LogP contribution < -0.4 is 10.6 Å². The molecule has 0 fully saturated rings. The van der Waals surface area contributed by atoms with Crippen LogP contribution in [0.1, 0.15) is 38.5 Å². The van der Waals surface area contributed by atoms with Crippen LogP contribution >= 0.6 is 0 Å². The maximum absolute atomic E-state index is 10.3. The molecule has 0 saturated carbocycles. The molecule has 180 valence electrons. The van der Waals surface area contributed by atoms with Crippen LogP contribution in [-0.2, 0) is 28.5 Å². The number of aliphatic carboxylic acids is 1. The van der Waals surface area contributed by atoms with Gasteiger partial charge in [-0.1, -0.05) is 12.8 Å². The van der Waals surface area contributed by atoms with Crippen LogP contribution in [0.4, 0.5) is 0 Å². The number of carbonyl (C=O) groups is 1. The van der Waals surface area contributed by atoms with Crippen LogP contribution in [0.5, 0.6) is 0 Å². The molecule has 0 aromatic carbocycles. The predicted octanol–water partition coefficient (Wildman–Crippen LogP) is 1.30. The Morgan fingerprint density at radius 1 is 0.600 bits per heavy atom. The molecule has 0 heterocycles. The van der Waals surface area contributed by atoms with E-state index in [9.17, 15) is 4.79 Å². The summed E-state index contributed by atoms with van der Waals surface area (Å²) >= 11 is 0. The van der Waals surface area contributed by atoms with E-state index in [4.69, 9.17) is 28.8 Å². The monoisotopic (exact) mass is 436 g/mol. The van der Waals surface area contributed by atoms with Crippen molar-refractivity contribution in [3.8, 4) is 0 Å². The van der Waals surface area contributed by atoms with E-state index in [-0.39, 0.29) is 13.0 Å². The van der Waals surface area contributed by atoms with Gasteiger partial charge in [0.1, 0.15) is 0 Å². The Kier molecular flexibility index (Phi) is 25.5. The molecule has 0 aliphatic heterocycles. The van der Waals surface area contributed by atoms with Gasteiger partial charge in [0.2, 0.25) is 0 Å². The number of hydrogen-bond acceptors (Lipinski definition) is 8. The van der Waals surface area contributed by atoms with Gasteiger partial charge in [-0.3, -0.25) is 4.79 Å². The van der Waals surface area contributed by atoms with Gasteiger partial charge in [-0.05, 0) is 45.9 Å². The molecule has 9 heteroatoms. The molecule has 0 aliphatic rings. The number of ether oxygens (including phenoxy) is 5. The van der Waals surface area contributed by atoms with Crippen LogP contribution in [0.3, 0.4) is 0 Å². The molecule has 0 aromatic heterocycles. The second-order valence-corrected chi connectivity index (χ2v) is 6.83. The predicted molar refractivity (Wildman–Crippen MR) is 116 cm³/mol. The minimum absolute atomic E-state index is 0.0170. The van der Waals surface area contributed by atoms with Crippen LogP contribution in [0.15, 0.2) is 0 Å². The molecular formula is C21H44N2O7. The highest BCUT2D eigenvalue weighted by molar-refractivity contribution is 5.66. The summed E-state index contributed by atoms with van der Waals surface area (Å²) in [4.78, 5) is 10.3. The fraction of sp³-hybridized carbons (Fsp3) is 0.952. The van der Waals surface area contributed by atoms with E-state index in [1.807, 2.05) is 7.05 Å². The van der Waals surface area contributed by atoms with Gasteiger partial charge in [-0.25, -0.2) is 0 Å². The molecule has 30 heavy (non-hydrogen) atoms. The Labute approximate surface area is 182 Å². The van der Waals surface area contributed by atoms with Crippen molar-refractivity contribution >= 4 is 5.97 Å². The SMILES string of the molecule is CNCCCCCCNCCCOCCOCCOCCOCCOCCC(=O)O. The van der Waals surface area contributed by atoms with Gasteiger partial charge in [-0.2, -0.15) is 0 Å². The van der Waals surface area contributed by atoms with E-state index in [1.165, 1.54) is 25.7 Å². The van der Waals surface area contributed by atoms with Crippen molar-refractivity contribution in [1.29, 1.82) is 0 Å². The van der Waals surface area contributed by atoms with E-state index >= 15 is 0 Å². The lowest BCUT2D eigenvalue weighted by Crippen LogP contribution is -2.19. The Balaban J connectivity index is 2.99. The highest BCUT2D eigenvalue weighted by atomic mass is 16.6. The van der Waals surface area contributed by atoms with Gasteiger partial charge in [0.15, 0.2) is 0 Å². The average molecular weight is 437 g/mol. The Bertz CT molecular complexity index is 349. The zero-order valence-corrected chi connectivity index (χ0v) is 18.8. The largest absolute Gasteiger partial charge is 0.481 e. The third kappa shape index (κ3) is 27.2. The molecule has 0 spiro atoms. The van der Waals surface area contributed by atoms with Gasteiger partial charge in [0.25, 0.3) is 0 Å². The highest BCUT2D eigenvalue weighted by Crippen LogP contribution is 1.97. The first kappa shape index (κ1) is 29.2. The molecule has 0 aromatic rings. The van der Waals surface area contributed by atoms with Crippen LogP contribution in [0.25, 0.3) is 0 Å². The molecule has 0 rings (SSSR count). The highest BCUT2D eigenvalue weighted by Gasteiger charge is 1.97. The van der Waals surface area contributed by atoms with Crippen molar-refractivity contribution in [2.24, 2.45) is 0 Å². The van der Waals surface area contributed by atoms with Crippen molar-refractivity contribution < 1.29 is 33.6 Å². The second kappa shape index (κ2) is 26.2. The lowest BCUT2D eigenvalue weighted by Gasteiger charge is -2.08. The molecule has 0 bridgehead atoms. The summed E-state index contributed by atoms with van der Waals surface area (Å²) in [6, 6.07) is 0. The Morgan fingerprint density at radius 3 is 1.53 bits per heavy atom. The number of carboxylic acid groups (broad SMARTS) is 1. The molecule has 0 aliphatic carbocycles. The number of unbranched alkanes of at least 4 members (excludes halogenated alkanes) is 3. The van der Waals surface area contributed by atoms with Crippen molar-refractivity contribution in [2.75, 3.05) is 92.8 Å². The van der Waals surface area contributed by atoms with E-state index in [0.717, 1.165) is 32.7 Å². The summed E-state index contributed by atoms with van der Waals surface area (Å²) in [5, 5.41) is 15.1. The number of nitrogens with one attached hydrogen (secondary N) is 2. The van der Waals surface area contributed by atoms with Crippen LogP contribution in [0, 0.1) is 0 Å².